The average molecular weight is 480 g/mol. The Balaban J connectivity index is 1.75. The molecule has 3 aromatic rings. The third kappa shape index (κ3) is 4.68. The van der Waals surface area contributed by atoms with Crippen molar-refractivity contribution in [2.45, 2.75) is 38.4 Å². The summed E-state index contributed by atoms with van der Waals surface area (Å²) in [6.07, 6.45) is 2.80. The highest BCUT2D eigenvalue weighted by Gasteiger charge is 2.40. The summed E-state index contributed by atoms with van der Waals surface area (Å²) < 4.78 is 0. The Morgan fingerprint density at radius 3 is 2.71 bits per heavy atom. The molecule has 4 rings (SSSR count). The predicted octanol–water partition coefficient (Wildman–Crippen LogP) is 3.04. The van der Waals surface area contributed by atoms with Gasteiger partial charge < -0.3 is 21.3 Å². The fraction of sp³-hybridized carbons (Fsp3) is 0.280. The lowest BCUT2D eigenvalue weighted by atomic mass is 10.0. The van der Waals surface area contributed by atoms with Gasteiger partial charge in [0.2, 0.25) is 11.8 Å². The highest BCUT2D eigenvalue weighted by Crippen LogP contribution is 2.31. The maximum absolute atomic E-state index is 13.8. The van der Waals surface area contributed by atoms with Crippen molar-refractivity contribution >= 4 is 45.9 Å². The van der Waals surface area contributed by atoms with Crippen molar-refractivity contribution in [2.24, 2.45) is 5.73 Å². The predicted molar refractivity (Wildman–Crippen MR) is 131 cm³/mol. The standard InChI is InChI=1S/C25H26ClN5O3/c1-15(32)31(14-16-7-8-20-17(12-16)9-10-29-23(20)27)22(18-4-2-5-19(26)13-18)25(34)30-11-3-6-21(30)24(28)33/h2,4-5,7-10,12-13,21-22H,3,6,11,14H2,1H3,(H2,27,29)(H2,28,33)/t21-,22?/m0/s1. The zero-order valence-corrected chi connectivity index (χ0v) is 19.5. The second kappa shape index (κ2) is 9.69. The van der Waals surface area contributed by atoms with Gasteiger partial charge in [-0.3, -0.25) is 14.4 Å². The number of amides is 3. The summed E-state index contributed by atoms with van der Waals surface area (Å²) in [5.74, 6) is -0.771. The van der Waals surface area contributed by atoms with E-state index >= 15 is 0 Å². The number of benzene rings is 2. The molecular weight excluding hydrogens is 454 g/mol. The van der Waals surface area contributed by atoms with Crippen LogP contribution in [0.25, 0.3) is 10.8 Å². The first-order chi connectivity index (χ1) is 16.3. The first-order valence-corrected chi connectivity index (χ1v) is 11.4. The van der Waals surface area contributed by atoms with Crippen molar-refractivity contribution in [1.82, 2.24) is 14.8 Å². The third-order valence-corrected chi connectivity index (χ3v) is 6.43. The molecule has 1 aromatic heterocycles. The quantitative estimate of drug-likeness (QED) is 0.562. The van der Waals surface area contributed by atoms with E-state index in [1.807, 2.05) is 24.3 Å². The molecule has 1 saturated heterocycles. The summed E-state index contributed by atoms with van der Waals surface area (Å²) in [4.78, 5) is 45.8. The van der Waals surface area contributed by atoms with Gasteiger partial charge in [0, 0.05) is 36.6 Å². The van der Waals surface area contributed by atoms with Gasteiger partial charge in [-0.25, -0.2) is 4.98 Å². The van der Waals surface area contributed by atoms with E-state index in [-0.39, 0.29) is 18.4 Å². The SMILES string of the molecule is CC(=O)N(Cc1ccc2c(N)nccc2c1)C(C(=O)N1CCC[C@H]1C(N)=O)c1cccc(Cl)c1. The van der Waals surface area contributed by atoms with Crippen LogP contribution in [0.3, 0.4) is 0 Å². The lowest BCUT2D eigenvalue weighted by molar-refractivity contribution is -0.148. The molecule has 2 aromatic carbocycles. The molecule has 8 nitrogen and oxygen atoms in total. The summed E-state index contributed by atoms with van der Waals surface area (Å²) in [6.45, 7) is 1.99. The second-order valence-electron chi connectivity index (χ2n) is 8.45. The van der Waals surface area contributed by atoms with E-state index in [1.165, 1.54) is 16.7 Å². The Morgan fingerprint density at radius 1 is 1.21 bits per heavy atom. The molecule has 176 valence electrons. The lowest BCUT2D eigenvalue weighted by Gasteiger charge is -2.35. The highest BCUT2D eigenvalue weighted by atomic mass is 35.5. The van der Waals surface area contributed by atoms with Crippen LogP contribution in [-0.4, -0.2) is 45.1 Å². The smallest absolute Gasteiger partial charge is 0.250 e. The normalized spacial score (nSPS) is 16.4. The Morgan fingerprint density at radius 2 is 2.00 bits per heavy atom. The number of halogens is 1. The fourth-order valence-corrected chi connectivity index (χ4v) is 4.74. The van der Waals surface area contributed by atoms with Gasteiger partial charge in [-0.15, -0.1) is 0 Å². The molecule has 2 heterocycles. The molecule has 0 bridgehead atoms. The number of fused-ring (bicyclic) bond motifs is 1. The molecule has 4 N–H and O–H groups in total. The molecule has 0 aliphatic carbocycles. The number of primary amides is 1. The number of hydrogen-bond donors (Lipinski definition) is 2. The van der Waals surface area contributed by atoms with Crippen LogP contribution in [0.4, 0.5) is 5.82 Å². The molecule has 0 spiro atoms. The van der Waals surface area contributed by atoms with Crippen LogP contribution in [0.5, 0.6) is 0 Å². The topological polar surface area (TPSA) is 123 Å². The maximum Gasteiger partial charge on any atom is 0.250 e. The van der Waals surface area contributed by atoms with Crippen LogP contribution in [0.2, 0.25) is 5.02 Å². The van der Waals surface area contributed by atoms with Crippen molar-refractivity contribution in [2.75, 3.05) is 12.3 Å². The molecular formula is C25H26ClN5O3. The van der Waals surface area contributed by atoms with Gasteiger partial charge in [-0.05, 0) is 53.6 Å². The van der Waals surface area contributed by atoms with E-state index in [0.717, 1.165) is 16.3 Å². The monoisotopic (exact) mass is 479 g/mol. The van der Waals surface area contributed by atoms with Crippen molar-refractivity contribution in [1.29, 1.82) is 0 Å². The number of nitrogen functional groups attached to an aromatic ring is 1. The molecule has 0 saturated carbocycles. The number of hydrogen-bond acceptors (Lipinski definition) is 5. The van der Waals surface area contributed by atoms with Gasteiger partial charge in [-0.2, -0.15) is 0 Å². The molecule has 2 atom stereocenters. The molecule has 1 aliphatic heterocycles. The van der Waals surface area contributed by atoms with E-state index in [0.29, 0.717) is 35.8 Å². The van der Waals surface area contributed by atoms with Crippen LogP contribution in [0.1, 0.15) is 36.9 Å². The van der Waals surface area contributed by atoms with E-state index in [4.69, 9.17) is 23.1 Å². The minimum Gasteiger partial charge on any atom is -0.383 e. The number of pyridine rings is 1. The molecule has 1 unspecified atom stereocenters. The first kappa shape index (κ1) is 23.5. The Kier molecular flexibility index (Phi) is 6.70. The Hall–Kier alpha value is -3.65. The summed E-state index contributed by atoms with van der Waals surface area (Å²) >= 11 is 6.24. The van der Waals surface area contributed by atoms with Gasteiger partial charge in [0.05, 0.1) is 0 Å². The largest absolute Gasteiger partial charge is 0.383 e. The Labute approximate surface area is 202 Å². The van der Waals surface area contributed by atoms with Gasteiger partial charge in [0.25, 0.3) is 5.91 Å². The third-order valence-electron chi connectivity index (χ3n) is 6.19. The number of nitrogens with zero attached hydrogens (tertiary/aromatic N) is 3. The summed E-state index contributed by atoms with van der Waals surface area (Å²) in [6, 6.07) is 12.7. The fourth-order valence-electron chi connectivity index (χ4n) is 4.55. The molecule has 3 amide bonds. The summed E-state index contributed by atoms with van der Waals surface area (Å²) in [5.41, 5.74) is 12.9. The lowest BCUT2D eigenvalue weighted by Crippen LogP contribution is -2.49. The van der Waals surface area contributed by atoms with Crippen molar-refractivity contribution in [3.63, 3.8) is 0 Å². The molecule has 1 fully saturated rings. The first-order valence-electron chi connectivity index (χ1n) is 11.0. The number of likely N-dealkylation sites (tertiary alicyclic amines) is 1. The molecule has 0 radical (unpaired) electrons. The zero-order chi connectivity index (χ0) is 24.4. The number of anilines is 1. The van der Waals surface area contributed by atoms with E-state index in [1.54, 1.807) is 30.5 Å². The van der Waals surface area contributed by atoms with Crippen LogP contribution >= 0.6 is 11.6 Å². The average Bonchev–Trinajstić information content (AvgIpc) is 3.29. The number of carbonyl (C=O) groups excluding carboxylic acids is 3. The number of carbonyl (C=O) groups is 3. The van der Waals surface area contributed by atoms with Gasteiger partial charge in [0.15, 0.2) is 0 Å². The zero-order valence-electron chi connectivity index (χ0n) is 18.8. The minimum atomic E-state index is -0.964. The number of nitrogens with two attached hydrogens (primary N) is 2. The van der Waals surface area contributed by atoms with Crippen LogP contribution in [0.15, 0.2) is 54.7 Å². The Bertz CT molecular complexity index is 1260. The van der Waals surface area contributed by atoms with Crippen LogP contribution in [0, 0.1) is 0 Å². The van der Waals surface area contributed by atoms with E-state index < -0.39 is 18.0 Å². The van der Waals surface area contributed by atoms with Gasteiger partial charge >= 0.3 is 0 Å². The van der Waals surface area contributed by atoms with Crippen molar-refractivity contribution in [3.8, 4) is 0 Å². The van der Waals surface area contributed by atoms with Crippen molar-refractivity contribution < 1.29 is 14.4 Å². The van der Waals surface area contributed by atoms with E-state index in [2.05, 4.69) is 4.98 Å². The van der Waals surface area contributed by atoms with Gasteiger partial charge in [-0.1, -0.05) is 35.9 Å². The number of aromatic nitrogens is 1. The number of rotatable bonds is 6. The summed E-state index contributed by atoms with van der Waals surface area (Å²) in [5, 5.41) is 2.14. The molecule has 1 aliphatic rings. The highest BCUT2D eigenvalue weighted by molar-refractivity contribution is 6.30. The van der Waals surface area contributed by atoms with Crippen molar-refractivity contribution in [3.05, 3.63) is 70.9 Å². The second-order valence-corrected chi connectivity index (χ2v) is 8.88. The molecule has 34 heavy (non-hydrogen) atoms. The van der Waals surface area contributed by atoms with Crippen LogP contribution < -0.4 is 11.5 Å². The van der Waals surface area contributed by atoms with E-state index in [9.17, 15) is 14.4 Å². The molecule has 9 heteroatoms. The van der Waals surface area contributed by atoms with Crippen LogP contribution in [-0.2, 0) is 20.9 Å². The van der Waals surface area contributed by atoms with Gasteiger partial charge in [0.1, 0.15) is 17.9 Å². The maximum atomic E-state index is 13.8. The summed E-state index contributed by atoms with van der Waals surface area (Å²) in [7, 11) is 0. The minimum absolute atomic E-state index is 0.172.